The summed E-state index contributed by atoms with van der Waals surface area (Å²) < 4.78 is 0. The molecule has 2 rings (SSSR count). The number of oxime groups is 1. The van der Waals surface area contributed by atoms with Crippen molar-refractivity contribution >= 4 is 5.84 Å². The molecule has 0 fully saturated rings. The average molecular weight is 270 g/mol. The molecule has 0 aliphatic heterocycles. The van der Waals surface area contributed by atoms with E-state index in [4.69, 9.17) is 10.9 Å². The van der Waals surface area contributed by atoms with Gasteiger partial charge in [0, 0.05) is 31.0 Å². The first-order valence-corrected chi connectivity index (χ1v) is 6.37. The van der Waals surface area contributed by atoms with Crippen molar-refractivity contribution in [1.29, 1.82) is 0 Å². The number of nitrogens with one attached hydrogen (secondary N) is 1. The minimum Gasteiger partial charge on any atom is -0.409 e. The van der Waals surface area contributed by atoms with Gasteiger partial charge in [0.25, 0.3) is 0 Å². The summed E-state index contributed by atoms with van der Waals surface area (Å²) in [5.74, 6) is 0.129. The van der Waals surface area contributed by atoms with Gasteiger partial charge >= 0.3 is 0 Å². The lowest BCUT2D eigenvalue weighted by molar-refractivity contribution is 0.318. The van der Waals surface area contributed by atoms with E-state index < -0.39 is 0 Å². The van der Waals surface area contributed by atoms with Crippen LogP contribution in [0.15, 0.2) is 47.9 Å². The molecule has 0 saturated carbocycles. The molecule has 1 aromatic carbocycles. The third kappa shape index (κ3) is 3.55. The van der Waals surface area contributed by atoms with Crippen LogP contribution in [0.25, 0.3) is 0 Å². The molecule has 5 nitrogen and oxygen atoms in total. The predicted octanol–water partition coefficient (Wildman–Crippen LogP) is 1.77. The SMILES string of the molecule is Cc1cc(/C(N)=N/O)ccc1CNCc1ccncc1. The first-order chi connectivity index (χ1) is 9.70. The summed E-state index contributed by atoms with van der Waals surface area (Å²) in [4.78, 5) is 3.99. The highest BCUT2D eigenvalue weighted by Gasteiger charge is 2.03. The number of aromatic nitrogens is 1. The molecule has 0 aliphatic carbocycles. The molecule has 0 spiro atoms. The number of aryl methyl sites for hydroxylation is 1. The smallest absolute Gasteiger partial charge is 0.170 e. The molecule has 0 bridgehead atoms. The Morgan fingerprint density at radius 3 is 2.65 bits per heavy atom. The van der Waals surface area contributed by atoms with Crippen molar-refractivity contribution in [3.05, 3.63) is 65.0 Å². The van der Waals surface area contributed by atoms with Gasteiger partial charge in [0.1, 0.15) is 0 Å². The van der Waals surface area contributed by atoms with E-state index in [9.17, 15) is 0 Å². The number of nitrogens with zero attached hydrogens (tertiary/aromatic N) is 2. The molecule has 0 radical (unpaired) electrons. The molecule has 1 aromatic heterocycles. The van der Waals surface area contributed by atoms with Crippen LogP contribution < -0.4 is 11.1 Å². The fourth-order valence-electron chi connectivity index (χ4n) is 1.95. The second-order valence-electron chi connectivity index (χ2n) is 4.59. The number of pyridine rings is 1. The molecule has 0 saturated heterocycles. The quantitative estimate of drug-likeness (QED) is 0.335. The van der Waals surface area contributed by atoms with Gasteiger partial charge in [-0.25, -0.2) is 0 Å². The molecular weight excluding hydrogens is 252 g/mol. The fourth-order valence-corrected chi connectivity index (χ4v) is 1.95. The van der Waals surface area contributed by atoms with Crippen LogP contribution in [0.5, 0.6) is 0 Å². The lowest BCUT2D eigenvalue weighted by Gasteiger charge is -2.09. The van der Waals surface area contributed by atoms with E-state index >= 15 is 0 Å². The normalized spacial score (nSPS) is 11.6. The Morgan fingerprint density at radius 1 is 1.25 bits per heavy atom. The molecule has 20 heavy (non-hydrogen) atoms. The molecule has 4 N–H and O–H groups in total. The van der Waals surface area contributed by atoms with Crippen molar-refractivity contribution in [2.45, 2.75) is 20.0 Å². The standard InChI is InChI=1S/C15H18N4O/c1-11-8-13(15(16)19-20)2-3-14(11)10-18-9-12-4-6-17-7-5-12/h2-8,18,20H,9-10H2,1H3,(H2,16,19). The van der Waals surface area contributed by atoms with Crippen molar-refractivity contribution in [2.24, 2.45) is 10.9 Å². The summed E-state index contributed by atoms with van der Waals surface area (Å²) >= 11 is 0. The van der Waals surface area contributed by atoms with E-state index in [2.05, 4.69) is 15.5 Å². The predicted molar refractivity (Wildman–Crippen MR) is 78.5 cm³/mol. The van der Waals surface area contributed by atoms with Gasteiger partial charge in [-0.05, 0) is 41.8 Å². The zero-order valence-corrected chi connectivity index (χ0v) is 11.4. The monoisotopic (exact) mass is 270 g/mol. The Kier molecular flexibility index (Phi) is 4.68. The zero-order chi connectivity index (χ0) is 14.4. The first kappa shape index (κ1) is 14.0. The van der Waals surface area contributed by atoms with Crippen LogP contribution in [0, 0.1) is 6.92 Å². The van der Waals surface area contributed by atoms with Crippen molar-refractivity contribution in [2.75, 3.05) is 0 Å². The Balaban J connectivity index is 1.97. The van der Waals surface area contributed by atoms with Crippen LogP contribution in [0.3, 0.4) is 0 Å². The summed E-state index contributed by atoms with van der Waals surface area (Å²) in [5, 5.41) is 15.0. The van der Waals surface area contributed by atoms with Crippen LogP contribution in [0.2, 0.25) is 0 Å². The van der Waals surface area contributed by atoms with E-state index in [1.165, 1.54) is 11.1 Å². The summed E-state index contributed by atoms with van der Waals surface area (Å²) in [6.45, 7) is 3.58. The van der Waals surface area contributed by atoms with E-state index in [1.54, 1.807) is 12.4 Å². The minimum atomic E-state index is 0.129. The van der Waals surface area contributed by atoms with E-state index in [0.29, 0.717) is 0 Å². The zero-order valence-electron chi connectivity index (χ0n) is 11.4. The van der Waals surface area contributed by atoms with E-state index in [0.717, 1.165) is 24.2 Å². The lowest BCUT2D eigenvalue weighted by atomic mass is 10.0. The summed E-state index contributed by atoms with van der Waals surface area (Å²) in [5.41, 5.74) is 9.79. The topological polar surface area (TPSA) is 83.5 Å². The Bertz CT molecular complexity index is 596. The molecule has 5 heteroatoms. The highest BCUT2D eigenvalue weighted by Crippen LogP contribution is 2.11. The number of amidine groups is 1. The van der Waals surface area contributed by atoms with Gasteiger partial charge in [-0.2, -0.15) is 0 Å². The molecule has 1 heterocycles. The molecule has 2 aromatic rings. The summed E-state index contributed by atoms with van der Waals surface area (Å²) in [7, 11) is 0. The minimum absolute atomic E-state index is 0.129. The van der Waals surface area contributed by atoms with Gasteiger partial charge < -0.3 is 16.3 Å². The van der Waals surface area contributed by atoms with Crippen molar-refractivity contribution < 1.29 is 5.21 Å². The van der Waals surface area contributed by atoms with Crippen LogP contribution in [-0.4, -0.2) is 16.0 Å². The number of hydrogen-bond donors (Lipinski definition) is 3. The van der Waals surface area contributed by atoms with Crippen molar-refractivity contribution in [3.63, 3.8) is 0 Å². The van der Waals surface area contributed by atoms with Gasteiger partial charge in [0.15, 0.2) is 5.84 Å². The molecule has 104 valence electrons. The molecule has 0 aliphatic rings. The molecular formula is C15H18N4O. The van der Waals surface area contributed by atoms with Crippen LogP contribution >= 0.6 is 0 Å². The maximum absolute atomic E-state index is 8.66. The van der Waals surface area contributed by atoms with Crippen LogP contribution in [-0.2, 0) is 13.1 Å². The number of nitrogens with two attached hydrogens (primary N) is 1. The first-order valence-electron chi connectivity index (χ1n) is 6.37. The van der Waals surface area contributed by atoms with Gasteiger partial charge in [-0.1, -0.05) is 17.3 Å². The highest BCUT2D eigenvalue weighted by molar-refractivity contribution is 5.97. The number of rotatable bonds is 5. The Hall–Kier alpha value is -2.40. The highest BCUT2D eigenvalue weighted by atomic mass is 16.4. The largest absolute Gasteiger partial charge is 0.409 e. The van der Waals surface area contributed by atoms with Crippen LogP contribution in [0.4, 0.5) is 0 Å². The number of hydrogen-bond acceptors (Lipinski definition) is 4. The van der Waals surface area contributed by atoms with Crippen LogP contribution in [0.1, 0.15) is 22.3 Å². The van der Waals surface area contributed by atoms with Gasteiger partial charge in [0.05, 0.1) is 0 Å². The van der Waals surface area contributed by atoms with Gasteiger partial charge in [-0.3, -0.25) is 4.98 Å². The third-order valence-electron chi connectivity index (χ3n) is 3.14. The maximum Gasteiger partial charge on any atom is 0.170 e. The third-order valence-corrected chi connectivity index (χ3v) is 3.14. The van der Waals surface area contributed by atoms with Crippen molar-refractivity contribution in [3.8, 4) is 0 Å². The molecule has 0 atom stereocenters. The average Bonchev–Trinajstić information content (AvgIpc) is 2.49. The van der Waals surface area contributed by atoms with Crippen molar-refractivity contribution in [1.82, 2.24) is 10.3 Å². The number of benzene rings is 1. The Labute approximate surface area is 118 Å². The summed E-state index contributed by atoms with van der Waals surface area (Å²) in [6, 6.07) is 9.73. The maximum atomic E-state index is 8.66. The molecule has 0 unspecified atom stereocenters. The second kappa shape index (κ2) is 6.68. The van der Waals surface area contributed by atoms with Gasteiger partial charge in [-0.15, -0.1) is 0 Å². The van der Waals surface area contributed by atoms with E-state index in [-0.39, 0.29) is 5.84 Å². The van der Waals surface area contributed by atoms with Gasteiger partial charge in [0.2, 0.25) is 0 Å². The van der Waals surface area contributed by atoms with E-state index in [1.807, 2.05) is 37.3 Å². The second-order valence-corrected chi connectivity index (χ2v) is 4.59. The summed E-state index contributed by atoms with van der Waals surface area (Å²) in [6.07, 6.45) is 3.57. The lowest BCUT2D eigenvalue weighted by Crippen LogP contribution is -2.16. The Morgan fingerprint density at radius 2 is 2.00 bits per heavy atom. The molecule has 0 amide bonds. The fraction of sp³-hybridized carbons (Fsp3) is 0.200.